The van der Waals surface area contributed by atoms with E-state index in [1.165, 1.54) is 0 Å². The van der Waals surface area contributed by atoms with E-state index >= 15 is 0 Å². The van der Waals surface area contributed by atoms with Crippen LogP contribution in [-0.4, -0.2) is 58.3 Å². The van der Waals surface area contributed by atoms with Gasteiger partial charge in [0.2, 0.25) is 0 Å². The molecule has 1 aromatic rings. The standard InChI is InChI=1S/C14H27N5O/c1-4-14-11-18(7-8-20-14)5-6-19-10-13(16-17-19)9-15-12(2)3/h10,12,14-15H,4-9,11H2,1-3H3. The van der Waals surface area contributed by atoms with Gasteiger partial charge in [-0.15, -0.1) is 5.10 Å². The van der Waals surface area contributed by atoms with Gasteiger partial charge in [-0.1, -0.05) is 26.0 Å². The summed E-state index contributed by atoms with van der Waals surface area (Å²) >= 11 is 0. The van der Waals surface area contributed by atoms with Gasteiger partial charge >= 0.3 is 0 Å². The van der Waals surface area contributed by atoms with Gasteiger partial charge in [0.1, 0.15) is 0 Å². The largest absolute Gasteiger partial charge is 0.376 e. The van der Waals surface area contributed by atoms with Gasteiger partial charge in [0.05, 0.1) is 24.9 Å². The molecule has 0 saturated carbocycles. The Hall–Kier alpha value is -0.980. The Morgan fingerprint density at radius 1 is 1.45 bits per heavy atom. The molecule has 6 nitrogen and oxygen atoms in total. The van der Waals surface area contributed by atoms with Crippen molar-refractivity contribution >= 4 is 0 Å². The first-order valence-electron chi connectivity index (χ1n) is 7.63. The number of morpholine rings is 1. The molecule has 0 aromatic carbocycles. The lowest BCUT2D eigenvalue weighted by molar-refractivity contribution is -0.0307. The zero-order valence-electron chi connectivity index (χ0n) is 12.9. The predicted molar refractivity (Wildman–Crippen MR) is 78.5 cm³/mol. The van der Waals surface area contributed by atoms with Gasteiger partial charge in [0, 0.05) is 38.4 Å². The molecular formula is C14H27N5O. The number of aromatic nitrogens is 3. The van der Waals surface area contributed by atoms with Crippen molar-refractivity contribution in [3.8, 4) is 0 Å². The maximum Gasteiger partial charge on any atom is 0.0964 e. The second-order valence-corrected chi connectivity index (χ2v) is 5.71. The molecule has 1 N–H and O–H groups in total. The lowest BCUT2D eigenvalue weighted by Crippen LogP contribution is -2.43. The number of ether oxygens (including phenoxy) is 1. The fourth-order valence-corrected chi connectivity index (χ4v) is 2.31. The predicted octanol–water partition coefficient (Wildman–Crippen LogP) is 0.887. The highest BCUT2D eigenvalue weighted by Crippen LogP contribution is 2.08. The molecule has 114 valence electrons. The van der Waals surface area contributed by atoms with E-state index in [1.54, 1.807) is 0 Å². The lowest BCUT2D eigenvalue weighted by atomic mass is 10.2. The monoisotopic (exact) mass is 281 g/mol. The molecule has 0 radical (unpaired) electrons. The highest BCUT2D eigenvalue weighted by Gasteiger charge is 2.18. The van der Waals surface area contributed by atoms with Crippen molar-refractivity contribution in [3.63, 3.8) is 0 Å². The van der Waals surface area contributed by atoms with Crippen LogP contribution < -0.4 is 5.32 Å². The SMILES string of the molecule is CCC1CN(CCn2cc(CNC(C)C)nn2)CCO1. The van der Waals surface area contributed by atoms with Crippen molar-refractivity contribution in [2.24, 2.45) is 0 Å². The molecule has 0 aliphatic carbocycles. The van der Waals surface area contributed by atoms with Crippen molar-refractivity contribution in [2.75, 3.05) is 26.2 Å². The number of hydrogen-bond donors (Lipinski definition) is 1. The molecule has 1 fully saturated rings. The molecule has 2 heterocycles. The Kier molecular flexibility index (Phi) is 5.94. The van der Waals surface area contributed by atoms with E-state index in [2.05, 4.69) is 41.3 Å². The summed E-state index contributed by atoms with van der Waals surface area (Å²) in [6.45, 7) is 12.0. The maximum absolute atomic E-state index is 5.68. The Balaban J connectivity index is 1.73. The molecule has 20 heavy (non-hydrogen) atoms. The summed E-state index contributed by atoms with van der Waals surface area (Å²) < 4.78 is 7.62. The van der Waals surface area contributed by atoms with Gasteiger partial charge in [-0.05, 0) is 6.42 Å². The molecule has 0 spiro atoms. The Labute approximate surface area is 121 Å². The minimum Gasteiger partial charge on any atom is -0.376 e. The highest BCUT2D eigenvalue weighted by atomic mass is 16.5. The fourth-order valence-electron chi connectivity index (χ4n) is 2.31. The second-order valence-electron chi connectivity index (χ2n) is 5.71. The van der Waals surface area contributed by atoms with Crippen molar-refractivity contribution in [3.05, 3.63) is 11.9 Å². The average molecular weight is 281 g/mol. The molecule has 2 rings (SSSR count). The summed E-state index contributed by atoms with van der Waals surface area (Å²) in [6.07, 6.45) is 3.52. The van der Waals surface area contributed by atoms with Crippen LogP contribution in [-0.2, 0) is 17.8 Å². The summed E-state index contributed by atoms with van der Waals surface area (Å²) in [6, 6.07) is 0.472. The molecule has 1 aliphatic heterocycles. The van der Waals surface area contributed by atoms with E-state index in [4.69, 9.17) is 4.74 Å². The minimum atomic E-state index is 0.394. The van der Waals surface area contributed by atoms with Gasteiger partial charge in [0.15, 0.2) is 0 Å². The summed E-state index contributed by atoms with van der Waals surface area (Å²) in [7, 11) is 0. The first kappa shape index (κ1) is 15.4. The summed E-state index contributed by atoms with van der Waals surface area (Å²) in [5.74, 6) is 0. The minimum absolute atomic E-state index is 0.394. The second kappa shape index (κ2) is 7.71. The molecule has 1 unspecified atom stereocenters. The van der Waals surface area contributed by atoms with Crippen molar-refractivity contribution in [1.82, 2.24) is 25.2 Å². The molecule has 1 aromatic heterocycles. The highest BCUT2D eigenvalue weighted by molar-refractivity contribution is 4.91. The van der Waals surface area contributed by atoms with Crippen LogP contribution in [0.5, 0.6) is 0 Å². The molecular weight excluding hydrogens is 254 g/mol. The molecule has 0 bridgehead atoms. The number of rotatable bonds is 7. The average Bonchev–Trinajstić information content (AvgIpc) is 2.91. The fraction of sp³-hybridized carbons (Fsp3) is 0.857. The van der Waals surface area contributed by atoms with Gasteiger partial charge in [-0.3, -0.25) is 9.58 Å². The third-order valence-electron chi connectivity index (χ3n) is 3.60. The molecule has 0 amide bonds. The topological polar surface area (TPSA) is 55.2 Å². The van der Waals surface area contributed by atoms with Gasteiger partial charge in [0.25, 0.3) is 0 Å². The van der Waals surface area contributed by atoms with Crippen molar-refractivity contribution in [2.45, 2.75) is 52.4 Å². The number of nitrogens with one attached hydrogen (secondary N) is 1. The summed E-state index contributed by atoms with van der Waals surface area (Å²) in [5, 5.41) is 11.7. The zero-order valence-corrected chi connectivity index (χ0v) is 12.9. The lowest BCUT2D eigenvalue weighted by Gasteiger charge is -2.32. The van der Waals surface area contributed by atoms with E-state index in [-0.39, 0.29) is 0 Å². The number of hydrogen-bond acceptors (Lipinski definition) is 5. The van der Waals surface area contributed by atoms with Crippen LogP contribution in [0, 0.1) is 0 Å². The summed E-state index contributed by atoms with van der Waals surface area (Å²) in [5.41, 5.74) is 1.01. The maximum atomic E-state index is 5.68. The van der Waals surface area contributed by atoms with Gasteiger partial charge in [-0.25, -0.2) is 0 Å². The van der Waals surface area contributed by atoms with Crippen LogP contribution in [0.25, 0.3) is 0 Å². The quantitative estimate of drug-likeness (QED) is 0.804. The van der Waals surface area contributed by atoms with E-state index in [0.717, 1.165) is 51.4 Å². The molecule has 1 atom stereocenters. The molecule has 6 heteroatoms. The Bertz CT molecular complexity index is 393. The smallest absolute Gasteiger partial charge is 0.0964 e. The summed E-state index contributed by atoms with van der Waals surface area (Å²) in [4.78, 5) is 2.45. The Morgan fingerprint density at radius 3 is 3.05 bits per heavy atom. The van der Waals surface area contributed by atoms with Crippen LogP contribution in [0.2, 0.25) is 0 Å². The van der Waals surface area contributed by atoms with E-state index < -0.39 is 0 Å². The molecule has 1 saturated heterocycles. The first-order valence-corrected chi connectivity index (χ1v) is 7.63. The van der Waals surface area contributed by atoms with Crippen molar-refractivity contribution in [1.29, 1.82) is 0 Å². The Morgan fingerprint density at radius 2 is 2.30 bits per heavy atom. The van der Waals surface area contributed by atoms with Crippen LogP contribution >= 0.6 is 0 Å². The van der Waals surface area contributed by atoms with Crippen LogP contribution in [0.4, 0.5) is 0 Å². The van der Waals surface area contributed by atoms with Gasteiger partial charge in [-0.2, -0.15) is 0 Å². The third-order valence-corrected chi connectivity index (χ3v) is 3.60. The van der Waals surface area contributed by atoms with E-state index in [0.29, 0.717) is 12.1 Å². The van der Waals surface area contributed by atoms with E-state index in [1.807, 2.05) is 10.9 Å². The van der Waals surface area contributed by atoms with Crippen molar-refractivity contribution < 1.29 is 4.74 Å². The molecule has 1 aliphatic rings. The van der Waals surface area contributed by atoms with E-state index in [9.17, 15) is 0 Å². The normalized spacial score (nSPS) is 20.7. The van der Waals surface area contributed by atoms with Crippen LogP contribution in [0.1, 0.15) is 32.9 Å². The number of nitrogens with zero attached hydrogens (tertiary/aromatic N) is 4. The van der Waals surface area contributed by atoms with Crippen LogP contribution in [0.15, 0.2) is 6.20 Å². The van der Waals surface area contributed by atoms with Crippen LogP contribution in [0.3, 0.4) is 0 Å². The van der Waals surface area contributed by atoms with Gasteiger partial charge < -0.3 is 10.1 Å². The first-order chi connectivity index (χ1) is 9.67. The third kappa shape index (κ3) is 4.85. The zero-order chi connectivity index (χ0) is 14.4.